The first-order valence-electron chi connectivity index (χ1n) is 9.22. The Morgan fingerprint density at radius 1 is 0.556 bits per heavy atom. The van der Waals surface area contributed by atoms with E-state index in [2.05, 4.69) is 91.0 Å². The molecule has 0 saturated heterocycles. The van der Waals surface area contributed by atoms with Crippen LogP contribution in [0.1, 0.15) is 22.3 Å². The maximum Gasteiger partial charge on any atom is 0.169 e. The lowest BCUT2D eigenvalue weighted by atomic mass is 10.0. The molecule has 1 heterocycles. The lowest BCUT2D eigenvalue weighted by Gasteiger charge is -2.17. The van der Waals surface area contributed by atoms with Crippen molar-refractivity contribution in [2.75, 3.05) is 0 Å². The van der Waals surface area contributed by atoms with Crippen LogP contribution < -0.4 is 0 Å². The second-order valence-corrected chi connectivity index (χ2v) is 7.06. The minimum absolute atomic E-state index is 0.866. The standard InChI is InChI=1S/C24H23N3/c1-16-10-8-11-17(2)21(16)24-26-25-23(20-14-6-5-7-15-20)27(24)22-18(3)12-9-13-19(22)4/h5-15H,1-4H3. The van der Waals surface area contributed by atoms with E-state index >= 15 is 0 Å². The topological polar surface area (TPSA) is 30.7 Å². The molecule has 0 unspecified atom stereocenters. The zero-order valence-corrected chi connectivity index (χ0v) is 16.2. The molecular formula is C24H23N3. The molecule has 1 aromatic heterocycles. The van der Waals surface area contributed by atoms with E-state index in [1.165, 1.54) is 22.3 Å². The number of para-hydroxylation sites is 1. The van der Waals surface area contributed by atoms with E-state index in [4.69, 9.17) is 0 Å². The highest BCUT2D eigenvalue weighted by molar-refractivity contribution is 5.72. The van der Waals surface area contributed by atoms with Crippen molar-refractivity contribution in [3.8, 4) is 28.5 Å². The highest BCUT2D eigenvalue weighted by Gasteiger charge is 2.21. The maximum absolute atomic E-state index is 4.66. The van der Waals surface area contributed by atoms with Crippen LogP contribution in [0.2, 0.25) is 0 Å². The zero-order chi connectivity index (χ0) is 19.0. The fourth-order valence-electron chi connectivity index (χ4n) is 3.76. The van der Waals surface area contributed by atoms with Gasteiger partial charge in [0.15, 0.2) is 11.6 Å². The Balaban J connectivity index is 2.10. The summed E-state index contributed by atoms with van der Waals surface area (Å²) >= 11 is 0. The average molecular weight is 353 g/mol. The van der Waals surface area contributed by atoms with Crippen molar-refractivity contribution in [2.45, 2.75) is 27.7 Å². The van der Waals surface area contributed by atoms with Gasteiger partial charge in [0.1, 0.15) is 0 Å². The van der Waals surface area contributed by atoms with Gasteiger partial charge >= 0.3 is 0 Å². The van der Waals surface area contributed by atoms with Crippen LogP contribution >= 0.6 is 0 Å². The molecule has 134 valence electrons. The Morgan fingerprint density at radius 3 is 1.67 bits per heavy atom. The number of nitrogens with zero attached hydrogens (tertiary/aromatic N) is 3. The highest BCUT2D eigenvalue weighted by atomic mass is 15.3. The number of aromatic nitrogens is 3. The summed E-state index contributed by atoms with van der Waals surface area (Å²) in [6.45, 7) is 8.56. The summed E-state index contributed by atoms with van der Waals surface area (Å²) in [4.78, 5) is 0. The zero-order valence-electron chi connectivity index (χ0n) is 16.2. The molecular weight excluding hydrogens is 330 g/mol. The second kappa shape index (κ2) is 6.84. The molecule has 4 rings (SSSR count). The van der Waals surface area contributed by atoms with Gasteiger partial charge in [-0.3, -0.25) is 4.57 Å². The third-order valence-corrected chi connectivity index (χ3v) is 5.06. The van der Waals surface area contributed by atoms with Crippen LogP contribution in [-0.4, -0.2) is 14.8 Å². The summed E-state index contributed by atoms with van der Waals surface area (Å²) < 4.78 is 2.22. The van der Waals surface area contributed by atoms with Gasteiger partial charge in [-0.25, -0.2) is 0 Å². The average Bonchev–Trinajstić information content (AvgIpc) is 3.06. The predicted octanol–water partition coefficient (Wildman–Crippen LogP) is 5.83. The largest absolute Gasteiger partial charge is 0.274 e. The summed E-state index contributed by atoms with van der Waals surface area (Å²) in [6, 6.07) is 23.0. The monoisotopic (exact) mass is 353 g/mol. The lowest BCUT2D eigenvalue weighted by molar-refractivity contribution is 1.03. The van der Waals surface area contributed by atoms with E-state index in [0.717, 1.165) is 28.5 Å². The molecule has 0 aliphatic carbocycles. The van der Waals surface area contributed by atoms with Crippen LogP contribution in [0.5, 0.6) is 0 Å². The fraction of sp³-hybridized carbons (Fsp3) is 0.167. The Labute approximate surface area is 160 Å². The molecule has 0 fully saturated rings. The molecule has 0 amide bonds. The van der Waals surface area contributed by atoms with E-state index < -0.39 is 0 Å². The number of hydrogen-bond donors (Lipinski definition) is 0. The van der Waals surface area contributed by atoms with E-state index in [1.807, 2.05) is 18.2 Å². The first-order chi connectivity index (χ1) is 13.1. The molecule has 3 aromatic carbocycles. The quantitative estimate of drug-likeness (QED) is 0.463. The summed E-state index contributed by atoms with van der Waals surface area (Å²) in [6.07, 6.45) is 0. The van der Waals surface area contributed by atoms with Gasteiger partial charge in [0.2, 0.25) is 0 Å². The Bertz CT molecular complexity index is 1070. The van der Waals surface area contributed by atoms with Gasteiger partial charge in [-0.05, 0) is 49.9 Å². The van der Waals surface area contributed by atoms with Gasteiger partial charge in [0.05, 0.1) is 5.69 Å². The van der Waals surface area contributed by atoms with Gasteiger partial charge < -0.3 is 0 Å². The van der Waals surface area contributed by atoms with Crippen LogP contribution in [-0.2, 0) is 0 Å². The van der Waals surface area contributed by atoms with Gasteiger partial charge in [0, 0.05) is 11.1 Å². The Hall–Kier alpha value is -3.20. The van der Waals surface area contributed by atoms with E-state index in [1.54, 1.807) is 0 Å². The fourth-order valence-corrected chi connectivity index (χ4v) is 3.76. The minimum atomic E-state index is 0.866. The molecule has 0 aliphatic rings. The van der Waals surface area contributed by atoms with Crippen molar-refractivity contribution in [2.24, 2.45) is 0 Å². The van der Waals surface area contributed by atoms with Gasteiger partial charge in [-0.1, -0.05) is 66.7 Å². The third-order valence-electron chi connectivity index (χ3n) is 5.06. The van der Waals surface area contributed by atoms with E-state index in [9.17, 15) is 0 Å². The molecule has 4 aromatic rings. The summed E-state index contributed by atoms with van der Waals surface area (Å²) in [7, 11) is 0. The van der Waals surface area contributed by atoms with E-state index in [-0.39, 0.29) is 0 Å². The first kappa shape index (κ1) is 17.2. The van der Waals surface area contributed by atoms with Gasteiger partial charge in [0.25, 0.3) is 0 Å². The highest BCUT2D eigenvalue weighted by Crippen LogP contribution is 2.34. The van der Waals surface area contributed by atoms with Crippen LogP contribution in [0, 0.1) is 27.7 Å². The number of rotatable bonds is 3. The third kappa shape index (κ3) is 2.95. The number of benzene rings is 3. The summed E-state index contributed by atoms with van der Waals surface area (Å²) in [5, 5.41) is 9.27. The Kier molecular flexibility index (Phi) is 4.36. The van der Waals surface area contributed by atoms with Crippen LogP contribution in [0.4, 0.5) is 0 Å². The Morgan fingerprint density at radius 2 is 1.07 bits per heavy atom. The van der Waals surface area contributed by atoms with Crippen molar-refractivity contribution in [1.29, 1.82) is 0 Å². The number of aryl methyl sites for hydroxylation is 4. The summed E-state index contributed by atoms with van der Waals surface area (Å²) in [5.41, 5.74) is 8.18. The molecule has 3 nitrogen and oxygen atoms in total. The molecule has 0 saturated carbocycles. The molecule has 0 aliphatic heterocycles. The van der Waals surface area contributed by atoms with Crippen LogP contribution in [0.25, 0.3) is 28.5 Å². The SMILES string of the molecule is Cc1cccc(C)c1-c1nnc(-c2ccccc2)n1-c1c(C)cccc1C. The van der Waals surface area contributed by atoms with Crippen molar-refractivity contribution >= 4 is 0 Å². The molecule has 0 radical (unpaired) electrons. The minimum Gasteiger partial charge on any atom is -0.274 e. The molecule has 0 spiro atoms. The molecule has 3 heteroatoms. The van der Waals surface area contributed by atoms with E-state index in [0.29, 0.717) is 0 Å². The van der Waals surface area contributed by atoms with Crippen LogP contribution in [0.3, 0.4) is 0 Å². The van der Waals surface area contributed by atoms with Gasteiger partial charge in [-0.2, -0.15) is 0 Å². The van der Waals surface area contributed by atoms with Crippen LogP contribution in [0.15, 0.2) is 66.7 Å². The van der Waals surface area contributed by atoms with Gasteiger partial charge in [-0.15, -0.1) is 10.2 Å². The number of hydrogen-bond acceptors (Lipinski definition) is 2. The smallest absolute Gasteiger partial charge is 0.169 e. The van der Waals surface area contributed by atoms with Crippen molar-refractivity contribution < 1.29 is 0 Å². The molecule has 0 atom stereocenters. The van der Waals surface area contributed by atoms with Crippen molar-refractivity contribution in [3.05, 3.63) is 89.0 Å². The van der Waals surface area contributed by atoms with Crippen molar-refractivity contribution in [3.63, 3.8) is 0 Å². The maximum atomic E-state index is 4.66. The normalized spacial score (nSPS) is 11.0. The molecule has 27 heavy (non-hydrogen) atoms. The predicted molar refractivity (Wildman–Crippen MR) is 111 cm³/mol. The lowest BCUT2D eigenvalue weighted by Crippen LogP contribution is -2.06. The molecule has 0 bridgehead atoms. The second-order valence-electron chi connectivity index (χ2n) is 7.06. The molecule has 0 N–H and O–H groups in total. The van der Waals surface area contributed by atoms with Crippen molar-refractivity contribution in [1.82, 2.24) is 14.8 Å². The first-order valence-corrected chi connectivity index (χ1v) is 9.22. The summed E-state index contributed by atoms with van der Waals surface area (Å²) in [5.74, 6) is 1.76.